The zero-order valence-electron chi connectivity index (χ0n) is 8.83. The Bertz CT molecular complexity index is 529. The summed E-state index contributed by atoms with van der Waals surface area (Å²) in [4.78, 5) is 12.9. The lowest BCUT2D eigenvalue weighted by Gasteiger charge is -2.36. The van der Waals surface area contributed by atoms with Gasteiger partial charge in [-0.15, -0.1) is 0 Å². The molecule has 0 radical (unpaired) electrons. The summed E-state index contributed by atoms with van der Waals surface area (Å²) in [5.74, 6) is -1.23. The van der Waals surface area contributed by atoms with Gasteiger partial charge in [0.2, 0.25) is 10.0 Å². The lowest BCUT2D eigenvalue weighted by atomic mass is 10.1. The summed E-state index contributed by atoms with van der Waals surface area (Å²) in [6.45, 7) is 0.498. The third-order valence-corrected chi connectivity index (χ3v) is 4.52. The van der Waals surface area contributed by atoms with Crippen LogP contribution < -0.4 is 0 Å². The van der Waals surface area contributed by atoms with Crippen LogP contribution in [0, 0.1) is 5.92 Å². The van der Waals surface area contributed by atoms with Crippen LogP contribution in [0.15, 0.2) is 17.2 Å². The zero-order valence-corrected chi connectivity index (χ0v) is 9.64. The average Bonchev–Trinajstić information content (AvgIpc) is 2.64. The number of hydrogen-bond donors (Lipinski definition) is 3. The molecule has 94 valence electrons. The number of carboxylic acid groups (broad SMARTS) is 1. The maximum Gasteiger partial charge on any atom is 0.352 e. The minimum atomic E-state index is -3.63. The topological polar surface area (TPSA) is 111 Å². The van der Waals surface area contributed by atoms with E-state index in [2.05, 4.69) is 4.98 Å². The number of nitrogens with one attached hydrogen (secondary N) is 1. The quantitative estimate of drug-likeness (QED) is 0.664. The van der Waals surface area contributed by atoms with E-state index in [4.69, 9.17) is 10.2 Å². The van der Waals surface area contributed by atoms with Crippen molar-refractivity contribution in [1.82, 2.24) is 9.29 Å². The van der Waals surface area contributed by atoms with Gasteiger partial charge < -0.3 is 15.2 Å². The molecule has 8 heteroatoms. The van der Waals surface area contributed by atoms with E-state index in [-0.39, 0.29) is 36.2 Å². The van der Waals surface area contributed by atoms with E-state index in [1.165, 1.54) is 4.31 Å². The summed E-state index contributed by atoms with van der Waals surface area (Å²) < 4.78 is 25.1. The van der Waals surface area contributed by atoms with E-state index in [0.29, 0.717) is 0 Å². The van der Waals surface area contributed by atoms with Gasteiger partial charge in [-0.1, -0.05) is 0 Å². The zero-order chi connectivity index (χ0) is 12.6. The number of carboxylic acids is 1. The maximum absolute atomic E-state index is 11.9. The Hall–Kier alpha value is -1.38. The summed E-state index contributed by atoms with van der Waals surface area (Å²) in [7, 11) is -3.63. The first-order valence-electron chi connectivity index (χ1n) is 4.98. The van der Waals surface area contributed by atoms with Gasteiger partial charge >= 0.3 is 5.97 Å². The molecule has 0 amide bonds. The molecule has 0 unspecified atom stereocenters. The first-order chi connectivity index (χ1) is 7.95. The number of aromatic carboxylic acids is 1. The van der Waals surface area contributed by atoms with Gasteiger partial charge in [-0.2, -0.15) is 4.31 Å². The van der Waals surface area contributed by atoms with E-state index in [9.17, 15) is 13.2 Å². The fraction of sp³-hybridized carbons (Fsp3) is 0.444. The molecule has 0 aromatic carbocycles. The van der Waals surface area contributed by atoms with Crippen LogP contribution >= 0.6 is 0 Å². The Kier molecular flexibility index (Phi) is 2.94. The SMILES string of the molecule is O=C(O)c1cc(S(=O)(=O)N2CC(CO)C2)c[nH]1. The molecule has 1 aliphatic rings. The summed E-state index contributed by atoms with van der Waals surface area (Å²) >= 11 is 0. The molecule has 1 fully saturated rings. The average molecular weight is 260 g/mol. The Morgan fingerprint density at radius 2 is 2.18 bits per heavy atom. The molecule has 3 N–H and O–H groups in total. The van der Waals surface area contributed by atoms with Crippen LogP contribution in [0.4, 0.5) is 0 Å². The number of H-pyrrole nitrogens is 1. The highest BCUT2D eigenvalue weighted by atomic mass is 32.2. The van der Waals surface area contributed by atoms with Crippen molar-refractivity contribution in [2.75, 3.05) is 19.7 Å². The fourth-order valence-corrected chi connectivity index (χ4v) is 3.22. The summed E-state index contributed by atoms with van der Waals surface area (Å²) in [5.41, 5.74) is -0.164. The summed E-state index contributed by atoms with van der Waals surface area (Å²) in [5, 5.41) is 17.5. The second kappa shape index (κ2) is 4.13. The van der Waals surface area contributed by atoms with E-state index in [1.54, 1.807) is 0 Å². The number of carbonyl (C=O) groups is 1. The van der Waals surface area contributed by atoms with Crippen LogP contribution in [-0.2, 0) is 10.0 Å². The van der Waals surface area contributed by atoms with Crippen molar-refractivity contribution < 1.29 is 23.4 Å². The number of hydrogen-bond acceptors (Lipinski definition) is 4. The monoisotopic (exact) mass is 260 g/mol. The molecule has 2 rings (SSSR count). The predicted molar refractivity (Wildman–Crippen MR) is 57.1 cm³/mol. The van der Waals surface area contributed by atoms with E-state index < -0.39 is 16.0 Å². The summed E-state index contributed by atoms with van der Waals surface area (Å²) in [6.07, 6.45) is 1.16. The van der Waals surface area contributed by atoms with Crippen LogP contribution in [0.5, 0.6) is 0 Å². The van der Waals surface area contributed by atoms with E-state index >= 15 is 0 Å². The van der Waals surface area contributed by atoms with Crippen LogP contribution in [0.3, 0.4) is 0 Å². The number of aromatic amines is 1. The molecular weight excluding hydrogens is 248 g/mol. The van der Waals surface area contributed by atoms with Gasteiger partial charge in [0.25, 0.3) is 0 Å². The maximum atomic E-state index is 11.9. The van der Waals surface area contributed by atoms with Gasteiger partial charge in [0.05, 0.1) is 0 Å². The van der Waals surface area contributed by atoms with Crippen LogP contribution in [0.2, 0.25) is 0 Å². The number of nitrogens with zero attached hydrogens (tertiary/aromatic N) is 1. The Morgan fingerprint density at radius 3 is 2.65 bits per heavy atom. The molecule has 1 aliphatic heterocycles. The first kappa shape index (κ1) is 12.1. The molecule has 1 aromatic rings. The molecule has 0 bridgehead atoms. The van der Waals surface area contributed by atoms with Gasteiger partial charge in [-0.05, 0) is 6.07 Å². The van der Waals surface area contributed by atoms with Gasteiger partial charge in [-0.3, -0.25) is 0 Å². The summed E-state index contributed by atoms with van der Waals surface area (Å²) in [6, 6.07) is 1.09. The molecule has 0 spiro atoms. The number of aliphatic hydroxyl groups is 1. The highest BCUT2D eigenvalue weighted by molar-refractivity contribution is 7.89. The molecule has 0 atom stereocenters. The minimum Gasteiger partial charge on any atom is -0.477 e. The van der Waals surface area contributed by atoms with Crippen molar-refractivity contribution in [2.45, 2.75) is 4.90 Å². The highest BCUT2D eigenvalue weighted by Crippen LogP contribution is 2.25. The second-order valence-electron chi connectivity index (χ2n) is 3.92. The molecule has 2 heterocycles. The fourth-order valence-electron chi connectivity index (χ4n) is 1.63. The van der Waals surface area contributed by atoms with E-state index in [1.807, 2.05) is 0 Å². The number of sulfonamides is 1. The lowest BCUT2D eigenvalue weighted by Crippen LogP contribution is -2.51. The second-order valence-corrected chi connectivity index (χ2v) is 5.86. The van der Waals surface area contributed by atoms with Crippen LogP contribution in [-0.4, -0.2) is 53.6 Å². The predicted octanol–water partition coefficient (Wildman–Crippen LogP) is -0.674. The highest BCUT2D eigenvalue weighted by Gasteiger charge is 2.36. The Morgan fingerprint density at radius 1 is 1.53 bits per heavy atom. The van der Waals surface area contributed by atoms with E-state index in [0.717, 1.165) is 12.3 Å². The van der Waals surface area contributed by atoms with Crippen molar-refractivity contribution in [3.05, 3.63) is 18.0 Å². The number of aliphatic hydroxyl groups excluding tert-OH is 1. The largest absolute Gasteiger partial charge is 0.477 e. The van der Waals surface area contributed by atoms with Gasteiger partial charge in [-0.25, -0.2) is 13.2 Å². The first-order valence-corrected chi connectivity index (χ1v) is 6.42. The molecule has 7 nitrogen and oxygen atoms in total. The van der Waals surface area contributed by atoms with Crippen molar-refractivity contribution in [1.29, 1.82) is 0 Å². The molecule has 1 aromatic heterocycles. The third kappa shape index (κ3) is 2.06. The molecule has 1 saturated heterocycles. The number of rotatable bonds is 4. The smallest absolute Gasteiger partial charge is 0.352 e. The van der Waals surface area contributed by atoms with Gasteiger partial charge in [0, 0.05) is 31.8 Å². The molecule has 17 heavy (non-hydrogen) atoms. The van der Waals surface area contributed by atoms with Gasteiger partial charge in [0.1, 0.15) is 10.6 Å². The van der Waals surface area contributed by atoms with Crippen LogP contribution in [0.1, 0.15) is 10.5 Å². The van der Waals surface area contributed by atoms with Crippen molar-refractivity contribution >= 4 is 16.0 Å². The Labute approximate surface area is 97.7 Å². The van der Waals surface area contributed by atoms with Crippen molar-refractivity contribution in [3.63, 3.8) is 0 Å². The normalized spacial score (nSPS) is 17.9. The minimum absolute atomic E-state index is 0.0253. The van der Waals surface area contributed by atoms with Crippen molar-refractivity contribution in [3.8, 4) is 0 Å². The molecule has 0 saturated carbocycles. The number of aromatic nitrogens is 1. The van der Waals surface area contributed by atoms with Gasteiger partial charge in [0.15, 0.2) is 0 Å². The van der Waals surface area contributed by atoms with Crippen molar-refractivity contribution in [2.24, 2.45) is 5.92 Å². The Balaban J connectivity index is 2.18. The molecular formula is C9H12N2O5S. The third-order valence-electron chi connectivity index (χ3n) is 2.71. The molecule has 0 aliphatic carbocycles. The lowest BCUT2D eigenvalue weighted by molar-refractivity contribution is 0.0691. The van der Waals surface area contributed by atoms with Crippen LogP contribution in [0.25, 0.3) is 0 Å². The standard InChI is InChI=1S/C9H12N2O5S/c12-5-6-3-11(4-6)17(15,16)7-1-8(9(13)14)10-2-7/h1-2,6,10,12H,3-5H2,(H,13,14).